The Labute approximate surface area is 186 Å². The zero-order valence-electron chi connectivity index (χ0n) is 18.4. The summed E-state index contributed by atoms with van der Waals surface area (Å²) in [6.07, 6.45) is 8.48. The molecule has 0 amide bonds. The van der Waals surface area contributed by atoms with Crippen molar-refractivity contribution in [2.75, 3.05) is 11.9 Å². The van der Waals surface area contributed by atoms with Crippen LogP contribution < -0.4 is 5.32 Å². The largest absolute Gasteiger partial charge is 0.395 e. The molecule has 2 aromatic carbocycles. The normalized spacial score (nSPS) is 12.0. The highest BCUT2D eigenvalue weighted by atomic mass is 16.3. The number of aromatic nitrogens is 5. The van der Waals surface area contributed by atoms with Gasteiger partial charge in [-0.1, -0.05) is 32.9 Å². The van der Waals surface area contributed by atoms with E-state index < -0.39 is 0 Å². The first-order chi connectivity index (χ1) is 15.5. The molecular formula is C25H26N6O. The Morgan fingerprint density at radius 2 is 1.97 bits per heavy atom. The summed E-state index contributed by atoms with van der Waals surface area (Å²) in [6, 6.07) is 12.3. The van der Waals surface area contributed by atoms with E-state index >= 15 is 0 Å². The minimum absolute atomic E-state index is 0.0957. The van der Waals surface area contributed by atoms with Crippen molar-refractivity contribution in [3.05, 3.63) is 72.3 Å². The van der Waals surface area contributed by atoms with Crippen LogP contribution in [0.1, 0.15) is 31.9 Å². The van der Waals surface area contributed by atoms with Crippen LogP contribution in [-0.2, 0) is 11.8 Å². The van der Waals surface area contributed by atoms with E-state index in [1.807, 2.05) is 61.1 Å². The number of aromatic amines is 1. The molecule has 32 heavy (non-hydrogen) atoms. The van der Waals surface area contributed by atoms with Crippen molar-refractivity contribution in [1.29, 1.82) is 0 Å². The summed E-state index contributed by atoms with van der Waals surface area (Å²) >= 11 is 0. The number of anilines is 2. The van der Waals surface area contributed by atoms with Gasteiger partial charge >= 0.3 is 0 Å². The zero-order chi connectivity index (χ0) is 22.3. The monoisotopic (exact) mass is 426 g/mol. The first-order valence-electron chi connectivity index (χ1n) is 10.8. The number of rotatable bonds is 6. The molecule has 0 spiro atoms. The number of aliphatic hydroxyl groups excluding tert-OH is 1. The van der Waals surface area contributed by atoms with Crippen LogP contribution in [0.5, 0.6) is 0 Å². The second-order valence-electron chi connectivity index (χ2n) is 8.70. The molecule has 0 radical (unpaired) electrons. The lowest BCUT2D eigenvalue weighted by molar-refractivity contribution is 0.218. The Bertz CT molecular complexity index is 1400. The van der Waals surface area contributed by atoms with Gasteiger partial charge in [-0.3, -0.25) is 5.10 Å². The molecule has 0 fully saturated rings. The molecule has 162 valence electrons. The number of nitrogens with zero attached hydrogens (tertiary/aromatic N) is 4. The standard InChI is InChI=1S/C25H26N6O/c1-4-16-11-17(12-21-20(16)13-27-30-21)22-14-31-10-9-26-24(31)23(29-22)28-19-7-5-18(6-8-19)25(2,3)15-32/h5-14,32H,4,15H2,1-3H3,(H,27,30)(H,28,29). The van der Waals surface area contributed by atoms with Gasteiger partial charge < -0.3 is 14.8 Å². The van der Waals surface area contributed by atoms with Gasteiger partial charge in [-0.2, -0.15) is 5.10 Å². The van der Waals surface area contributed by atoms with Crippen LogP contribution in [-0.4, -0.2) is 36.3 Å². The van der Waals surface area contributed by atoms with E-state index in [9.17, 15) is 5.11 Å². The van der Waals surface area contributed by atoms with Gasteiger partial charge in [0, 0.05) is 40.6 Å². The molecule has 3 aromatic heterocycles. The van der Waals surface area contributed by atoms with E-state index in [2.05, 4.69) is 39.6 Å². The second-order valence-corrected chi connectivity index (χ2v) is 8.70. The highest BCUT2D eigenvalue weighted by Gasteiger charge is 2.19. The van der Waals surface area contributed by atoms with Crippen LogP contribution in [0.4, 0.5) is 11.5 Å². The predicted molar refractivity (Wildman–Crippen MR) is 127 cm³/mol. The van der Waals surface area contributed by atoms with Crippen molar-refractivity contribution >= 4 is 28.1 Å². The van der Waals surface area contributed by atoms with Crippen LogP contribution >= 0.6 is 0 Å². The fourth-order valence-electron chi connectivity index (χ4n) is 3.95. The number of aryl methyl sites for hydroxylation is 1. The third-order valence-electron chi connectivity index (χ3n) is 6.02. The third-order valence-corrected chi connectivity index (χ3v) is 6.02. The number of imidazole rings is 1. The quantitative estimate of drug-likeness (QED) is 0.361. The SMILES string of the molecule is CCc1cc(-c2cn3ccnc3c(Nc3ccc(C(C)(C)CO)cc3)n2)cc2[nH]ncc12. The van der Waals surface area contributed by atoms with Crippen molar-refractivity contribution in [3.63, 3.8) is 0 Å². The lowest BCUT2D eigenvalue weighted by Gasteiger charge is -2.22. The number of H-pyrrole nitrogens is 1. The average molecular weight is 427 g/mol. The second kappa shape index (κ2) is 7.76. The van der Waals surface area contributed by atoms with Crippen molar-refractivity contribution < 1.29 is 5.11 Å². The molecule has 5 rings (SSSR count). The van der Waals surface area contributed by atoms with Gasteiger partial charge in [-0.25, -0.2) is 9.97 Å². The Morgan fingerprint density at radius 3 is 2.72 bits per heavy atom. The number of benzene rings is 2. The van der Waals surface area contributed by atoms with Gasteiger partial charge in [0.1, 0.15) is 0 Å². The Hall–Kier alpha value is -3.71. The summed E-state index contributed by atoms with van der Waals surface area (Å²) in [6.45, 7) is 6.29. The lowest BCUT2D eigenvalue weighted by Crippen LogP contribution is -2.21. The van der Waals surface area contributed by atoms with E-state index in [-0.39, 0.29) is 12.0 Å². The fraction of sp³-hybridized carbons (Fsp3) is 0.240. The molecule has 0 bridgehead atoms. The minimum Gasteiger partial charge on any atom is -0.395 e. The zero-order valence-corrected chi connectivity index (χ0v) is 18.4. The Balaban J connectivity index is 1.56. The van der Waals surface area contributed by atoms with Gasteiger partial charge in [-0.15, -0.1) is 0 Å². The number of fused-ring (bicyclic) bond motifs is 2. The van der Waals surface area contributed by atoms with E-state index in [0.717, 1.165) is 45.5 Å². The summed E-state index contributed by atoms with van der Waals surface area (Å²) in [5.74, 6) is 0.685. The first-order valence-corrected chi connectivity index (χ1v) is 10.8. The lowest BCUT2D eigenvalue weighted by atomic mass is 9.85. The third kappa shape index (κ3) is 3.50. The molecule has 0 saturated heterocycles. The first kappa shape index (κ1) is 20.2. The number of hydrogen-bond acceptors (Lipinski definition) is 5. The van der Waals surface area contributed by atoms with Gasteiger partial charge in [0.2, 0.25) is 0 Å². The van der Waals surface area contributed by atoms with E-state index in [1.165, 1.54) is 5.56 Å². The molecule has 5 aromatic rings. The van der Waals surface area contributed by atoms with Crippen molar-refractivity contribution in [2.45, 2.75) is 32.6 Å². The summed E-state index contributed by atoms with van der Waals surface area (Å²) < 4.78 is 1.98. The smallest absolute Gasteiger partial charge is 0.180 e. The van der Waals surface area contributed by atoms with Gasteiger partial charge in [0.05, 0.1) is 24.0 Å². The summed E-state index contributed by atoms with van der Waals surface area (Å²) in [7, 11) is 0. The van der Waals surface area contributed by atoms with Crippen LogP contribution in [0.25, 0.3) is 27.8 Å². The average Bonchev–Trinajstić information content (AvgIpc) is 3.48. The topological polar surface area (TPSA) is 91.1 Å². The molecule has 0 aliphatic rings. The number of nitrogens with one attached hydrogen (secondary N) is 2. The highest BCUT2D eigenvalue weighted by Crippen LogP contribution is 2.30. The molecule has 3 N–H and O–H groups in total. The maximum atomic E-state index is 9.63. The molecule has 7 nitrogen and oxygen atoms in total. The highest BCUT2D eigenvalue weighted by molar-refractivity contribution is 5.87. The van der Waals surface area contributed by atoms with Crippen molar-refractivity contribution in [2.24, 2.45) is 0 Å². The van der Waals surface area contributed by atoms with Gasteiger partial charge in [0.25, 0.3) is 0 Å². The maximum Gasteiger partial charge on any atom is 0.180 e. The van der Waals surface area contributed by atoms with Crippen LogP contribution in [0.3, 0.4) is 0 Å². The molecule has 0 saturated carbocycles. The molecule has 0 aliphatic carbocycles. The van der Waals surface area contributed by atoms with Gasteiger partial charge in [-0.05, 0) is 41.8 Å². The van der Waals surface area contributed by atoms with E-state index in [1.54, 1.807) is 6.20 Å². The molecule has 7 heteroatoms. The summed E-state index contributed by atoms with van der Waals surface area (Å²) in [4.78, 5) is 9.41. The fourth-order valence-corrected chi connectivity index (χ4v) is 3.95. The number of aliphatic hydroxyl groups is 1. The van der Waals surface area contributed by atoms with Crippen LogP contribution in [0.15, 0.2) is 61.2 Å². The van der Waals surface area contributed by atoms with E-state index in [4.69, 9.17) is 4.98 Å². The van der Waals surface area contributed by atoms with Gasteiger partial charge in [0.15, 0.2) is 11.5 Å². The molecule has 0 aliphatic heterocycles. The van der Waals surface area contributed by atoms with Crippen molar-refractivity contribution in [1.82, 2.24) is 24.6 Å². The van der Waals surface area contributed by atoms with Crippen LogP contribution in [0, 0.1) is 0 Å². The predicted octanol–water partition coefficient (Wildman–Crippen LogP) is 4.85. The van der Waals surface area contributed by atoms with E-state index in [0.29, 0.717) is 5.82 Å². The van der Waals surface area contributed by atoms with Crippen molar-refractivity contribution in [3.8, 4) is 11.3 Å². The minimum atomic E-state index is -0.282. The number of hydrogen-bond donors (Lipinski definition) is 3. The summed E-state index contributed by atoms with van der Waals surface area (Å²) in [5.41, 5.74) is 6.58. The summed E-state index contributed by atoms with van der Waals surface area (Å²) in [5, 5.41) is 21.5. The Morgan fingerprint density at radius 1 is 1.16 bits per heavy atom. The molecule has 0 unspecified atom stereocenters. The molecule has 0 atom stereocenters. The van der Waals surface area contributed by atoms with Crippen LogP contribution in [0.2, 0.25) is 0 Å². The Kier molecular flexibility index (Phi) is 4.90. The molecular weight excluding hydrogens is 400 g/mol. The molecule has 3 heterocycles. The maximum absolute atomic E-state index is 9.63.